The van der Waals surface area contributed by atoms with Crippen LogP contribution in [0.5, 0.6) is 0 Å². The first-order valence-electron chi connectivity index (χ1n) is 6.19. The Morgan fingerprint density at radius 3 is 2.62 bits per heavy atom. The van der Waals surface area contributed by atoms with Crippen LogP contribution in [0.4, 0.5) is 0 Å². The lowest BCUT2D eigenvalue weighted by Gasteiger charge is -2.13. The van der Waals surface area contributed by atoms with E-state index in [9.17, 15) is 0 Å². The van der Waals surface area contributed by atoms with Crippen LogP contribution in [-0.4, -0.2) is 11.5 Å². The van der Waals surface area contributed by atoms with Crippen molar-refractivity contribution in [3.63, 3.8) is 0 Å². The van der Waals surface area contributed by atoms with Gasteiger partial charge >= 0.3 is 0 Å². The quantitative estimate of drug-likeness (QED) is 0.767. The summed E-state index contributed by atoms with van der Waals surface area (Å²) in [6.45, 7) is 10.9. The minimum atomic E-state index is 0.186. The van der Waals surface area contributed by atoms with Gasteiger partial charge in [-0.3, -0.25) is 0 Å². The van der Waals surface area contributed by atoms with Crippen LogP contribution in [0, 0.1) is 0 Å². The second-order valence-corrected chi connectivity index (χ2v) is 6.14. The average Bonchev–Trinajstić information content (AvgIpc) is 2.65. The highest BCUT2D eigenvalue weighted by molar-refractivity contribution is 7.09. The standard InChI is InChI=1S/C13H24N2S/c1-5-6-7-8-14-9-11-10-16-12(15-11)13(2,3)4/h10,14H,5-9H2,1-4H3. The zero-order chi connectivity index (χ0) is 12.0. The van der Waals surface area contributed by atoms with Gasteiger partial charge in [0, 0.05) is 17.3 Å². The molecule has 1 aromatic heterocycles. The summed E-state index contributed by atoms with van der Waals surface area (Å²) in [5.74, 6) is 0. The van der Waals surface area contributed by atoms with Crippen LogP contribution in [0.3, 0.4) is 0 Å². The van der Waals surface area contributed by atoms with E-state index in [4.69, 9.17) is 0 Å². The molecular formula is C13H24N2S. The maximum Gasteiger partial charge on any atom is 0.0982 e. The molecule has 1 heterocycles. The summed E-state index contributed by atoms with van der Waals surface area (Å²) in [4.78, 5) is 4.66. The largest absolute Gasteiger partial charge is 0.311 e. The van der Waals surface area contributed by atoms with E-state index in [0.29, 0.717) is 0 Å². The smallest absolute Gasteiger partial charge is 0.0982 e. The molecule has 0 saturated heterocycles. The molecule has 2 nitrogen and oxygen atoms in total. The van der Waals surface area contributed by atoms with Gasteiger partial charge in [-0.05, 0) is 13.0 Å². The lowest BCUT2D eigenvalue weighted by molar-refractivity contribution is 0.575. The number of nitrogens with zero attached hydrogens (tertiary/aromatic N) is 1. The first-order valence-corrected chi connectivity index (χ1v) is 7.07. The highest BCUT2D eigenvalue weighted by Gasteiger charge is 2.17. The van der Waals surface area contributed by atoms with Crippen molar-refractivity contribution in [3.05, 3.63) is 16.1 Å². The Morgan fingerprint density at radius 1 is 1.31 bits per heavy atom. The minimum absolute atomic E-state index is 0.186. The van der Waals surface area contributed by atoms with Crippen LogP contribution in [-0.2, 0) is 12.0 Å². The molecule has 0 aliphatic rings. The molecule has 0 saturated carbocycles. The molecule has 0 aliphatic carbocycles. The Kier molecular flexibility index (Phi) is 5.42. The molecule has 0 aliphatic heterocycles. The van der Waals surface area contributed by atoms with Crippen molar-refractivity contribution in [2.75, 3.05) is 6.54 Å². The number of nitrogens with one attached hydrogen (secondary N) is 1. The highest BCUT2D eigenvalue weighted by Crippen LogP contribution is 2.25. The van der Waals surface area contributed by atoms with Crippen LogP contribution in [0.2, 0.25) is 0 Å². The van der Waals surface area contributed by atoms with Gasteiger partial charge in [-0.15, -0.1) is 11.3 Å². The Bertz CT molecular complexity index is 299. The van der Waals surface area contributed by atoms with Crippen molar-refractivity contribution in [1.82, 2.24) is 10.3 Å². The summed E-state index contributed by atoms with van der Waals surface area (Å²) in [5.41, 5.74) is 1.37. The third kappa shape index (κ3) is 4.62. The fourth-order valence-corrected chi connectivity index (χ4v) is 2.36. The van der Waals surface area contributed by atoms with E-state index in [2.05, 4.69) is 43.4 Å². The predicted octanol–water partition coefficient (Wildman–Crippen LogP) is 3.72. The molecule has 92 valence electrons. The topological polar surface area (TPSA) is 24.9 Å². The van der Waals surface area contributed by atoms with Crippen LogP contribution in [0.1, 0.15) is 57.7 Å². The molecule has 1 aromatic rings. The molecule has 0 spiro atoms. The first kappa shape index (κ1) is 13.7. The molecule has 0 bridgehead atoms. The van der Waals surface area contributed by atoms with E-state index in [1.807, 2.05) is 0 Å². The van der Waals surface area contributed by atoms with Crippen molar-refractivity contribution in [2.24, 2.45) is 0 Å². The van der Waals surface area contributed by atoms with Gasteiger partial charge in [-0.25, -0.2) is 4.98 Å². The van der Waals surface area contributed by atoms with Crippen molar-refractivity contribution in [2.45, 2.75) is 58.9 Å². The molecule has 3 heteroatoms. The lowest BCUT2D eigenvalue weighted by atomic mass is 9.98. The van der Waals surface area contributed by atoms with Gasteiger partial charge in [0.15, 0.2) is 0 Å². The van der Waals surface area contributed by atoms with E-state index < -0.39 is 0 Å². The van der Waals surface area contributed by atoms with Gasteiger partial charge in [0.25, 0.3) is 0 Å². The van der Waals surface area contributed by atoms with Gasteiger partial charge in [0.2, 0.25) is 0 Å². The van der Waals surface area contributed by atoms with Crippen LogP contribution in [0.15, 0.2) is 5.38 Å². The summed E-state index contributed by atoms with van der Waals surface area (Å²) in [6.07, 6.45) is 3.87. The van der Waals surface area contributed by atoms with Gasteiger partial charge in [0.05, 0.1) is 10.7 Å². The molecule has 16 heavy (non-hydrogen) atoms. The molecule has 0 radical (unpaired) electrons. The highest BCUT2D eigenvalue weighted by atomic mass is 32.1. The second-order valence-electron chi connectivity index (χ2n) is 5.28. The fourth-order valence-electron chi connectivity index (χ4n) is 1.45. The number of unbranched alkanes of at least 4 members (excludes halogenated alkanes) is 2. The van der Waals surface area contributed by atoms with E-state index in [-0.39, 0.29) is 5.41 Å². The molecule has 0 aromatic carbocycles. The Labute approximate surface area is 103 Å². The zero-order valence-corrected chi connectivity index (χ0v) is 11.8. The van der Waals surface area contributed by atoms with Gasteiger partial charge in [-0.2, -0.15) is 0 Å². The molecule has 0 amide bonds. The summed E-state index contributed by atoms with van der Waals surface area (Å²) < 4.78 is 0. The van der Waals surface area contributed by atoms with E-state index in [0.717, 1.165) is 13.1 Å². The number of thiazole rings is 1. The number of hydrogen-bond acceptors (Lipinski definition) is 3. The molecule has 1 rings (SSSR count). The van der Waals surface area contributed by atoms with Gasteiger partial charge < -0.3 is 5.32 Å². The summed E-state index contributed by atoms with van der Waals surface area (Å²) in [7, 11) is 0. The second kappa shape index (κ2) is 6.36. The third-order valence-electron chi connectivity index (χ3n) is 2.46. The number of rotatable bonds is 6. The summed E-state index contributed by atoms with van der Waals surface area (Å²) in [5, 5.41) is 6.85. The molecule has 0 atom stereocenters. The molecule has 1 N–H and O–H groups in total. The maximum absolute atomic E-state index is 4.66. The SMILES string of the molecule is CCCCCNCc1csc(C(C)(C)C)n1. The Balaban J connectivity index is 2.30. The van der Waals surface area contributed by atoms with E-state index in [1.165, 1.54) is 30.0 Å². The van der Waals surface area contributed by atoms with Gasteiger partial charge in [-0.1, -0.05) is 40.5 Å². The molecular weight excluding hydrogens is 216 g/mol. The van der Waals surface area contributed by atoms with E-state index >= 15 is 0 Å². The maximum atomic E-state index is 4.66. The Hall–Kier alpha value is -0.410. The van der Waals surface area contributed by atoms with Gasteiger partial charge in [0.1, 0.15) is 0 Å². The predicted molar refractivity (Wildman–Crippen MR) is 72.0 cm³/mol. The van der Waals surface area contributed by atoms with Crippen molar-refractivity contribution < 1.29 is 0 Å². The Morgan fingerprint density at radius 2 is 2.06 bits per heavy atom. The van der Waals surface area contributed by atoms with Crippen molar-refractivity contribution in [1.29, 1.82) is 0 Å². The fraction of sp³-hybridized carbons (Fsp3) is 0.769. The summed E-state index contributed by atoms with van der Waals surface area (Å²) >= 11 is 1.77. The van der Waals surface area contributed by atoms with E-state index in [1.54, 1.807) is 11.3 Å². The summed E-state index contributed by atoms with van der Waals surface area (Å²) in [6, 6.07) is 0. The number of hydrogen-bond donors (Lipinski definition) is 1. The van der Waals surface area contributed by atoms with Crippen molar-refractivity contribution >= 4 is 11.3 Å². The minimum Gasteiger partial charge on any atom is -0.311 e. The number of aromatic nitrogens is 1. The first-order chi connectivity index (χ1) is 7.54. The van der Waals surface area contributed by atoms with Crippen LogP contribution < -0.4 is 5.32 Å². The normalized spacial score (nSPS) is 12.0. The molecule has 0 fully saturated rings. The third-order valence-corrected chi connectivity index (χ3v) is 3.77. The van der Waals surface area contributed by atoms with Crippen LogP contribution in [0.25, 0.3) is 0 Å². The average molecular weight is 240 g/mol. The van der Waals surface area contributed by atoms with Crippen LogP contribution >= 0.6 is 11.3 Å². The zero-order valence-electron chi connectivity index (χ0n) is 11.0. The monoisotopic (exact) mass is 240 g/mol. The molecule has 0 unspecified atom stereocenters. The lowest BCUT2D eigenvalue weighted by Crippen LogP contribution is -2.16. The van der Waals surface area contributed by atoms with Crippen molar-refractivity contribution in [3.8, 4) is 0 Å².